The van der Waals surface area contributed by atoms with Gasteiger partial charge < -0.3 is 4.84 Å². The molecule has 0 N–H and O–H groups in total. The predicted octanol–water partition coefficient (Wildman–Crippen LogP) is 2.06. The molecule has 58 valence electrons. The Hall–Kier alpha value is -1.31. The van der Waals surface area contributed by atoms with Crippen LogP contribution in [0.25, 0.3) is 0 Å². The van der Waals surface area contributed by atoms with Gasteiger partial charge in [0, 0.05) is 0 Å². The highest BCUT2D eigenvalue weighted by Crippen LogP contribution is 2.05. The maximum Gasteiger partial charge on any atom is 0.114 e. The lowest BCUT2D eigenvalue weighted by Gasteiger charge is -2.02. The van der Waals surface area contributed by atoms with Gasteiger partial charge in [0.25, 0.3) is 0 Å². The van der Waals surface area contributed by atoms with Gasteiger partial charge in [-0.15, -0.1) is 0 Å². The maximum atomic E-state index is 4.89. The molecular weight excluding hydrogens is 138 g/mol. The summed E-state index contributed by atoms with van der Waals surface area (Å²) in [4.78, 5) is 4.89. The Labute approximate surface area is 66.5 Å². The molecule has 0 radical (unpaired) electrons. The molecule has 1 aliphatic carbocycles. The Morgan fingerprint density at radius 2 is 2.18 bits per heavy atom. The van der Waals surface area contributed by atoms with E-state index in [2.05, 4.69) is 11.7 Å². The molecule has 0 fully saturated rings. The van der Waals surface area contributed by atoms with Gasteiger partial charge in [-0.05, 0) is 18.6 Å². The van der Waals surface area contributed by atoms with Crippen molar-refractivity contribution >= 4 is 5.71 Å². The lowest BCUT2D eigenvalue weighted by atomic mass is 10.1. The number of rotatable bonds is 2. The van der Waals surface area contributed by atoms with Crippen molar-refractivity contribution in [2.24, 2.45) is 5.16 Å². The molecule has 1 aliphatic rings. The van der Waals surface area contributed by atoms with Crippen molar-refractivity contribution in [3.8, 4) is 0 Å². The van der Waals surface area contributed by atoms with E-state index in [1.807, 2.05) is 31.2 Å². The number of allylic oxidation sites excluding steroid dienone is 5. The fourth-order valence-electron chi connectivity index (χ4n) is 0.734. The van der Waals surface area contributed by atoms with Crippen LogP contribution < -0.4 is 0 Å². The fourth-order valence-corrected chi connectivity index (χ4v) is 0.734. The van der Waals surface area contributed by atoms with Gasteiger partial charge in [-0.1, -0.05) is 30.0 Å². The Morgan fingerprint density at radius 3 is 2.82 bits per heavy atom. The molecular formula is C9H11NO. The van der Waals surface area contributed by atoms with E-state index in [4.69, 9.17) is 4.84 Å². The van der Waals surface area contributed by atoms with Crippen molar-refractivity contribution in [1.82, 2.24) is 0 Å². The van der Waals surface area contributed by atoms with E-state index in [1.165, 1.54) is 0 Å². The van der Waals surface area contributed by atoms with E-state index in [0.29, 0.717) is 6.61 Å². The third kappa shape index (κ3) is 2.08. The van der Waals surface area contributed by atoms with E-state index < -0.39 is 0 Å². The molecule has 0 atom stereocenters. The first kappa shape index (κ1) is 7.79. The molecule has 0 aromatic rings. The van der Waals surface area contributed by atoms with Gasteiger partial charge in [0.1, 0.15) is 12.3 Å². The quantitative estimate of drug-likeness (QED) is 0.551. The van der Waals surface area contributed by atoms with Crippen LogP contribution in [0.4, 0.5) is 0 Å². The van der Waals surface area contributed by atoms with Gasteiger partial charge in [-0.2, -0.15) is 0 Å². The number of nitrogens with zero attached hydrogens (tertiary/aromatic N) is 1. The molecule has 0 amide bonds. The summed E-state index contributed by atoms with van der Waals surface area (Å²) in [6, 6.07) is 0. The molecule has 2 heteroatoms. The summed E-state index contributed by atoms with van der Waals surface area (Å²) in [7, 11) is 0. The van der Waals surface area contributed by atoms with Crippen LogP contribution in [0.2, 0.25) is 0 Å². The number of hydrogen-bond acceptors (Lipinski definition) is 2. The summed E-state index contributed by atoms with van der Waals surface area (Å²) >= 11 is 0. The van der Waals surface area contributed by atoms with E-state index in [-0.39, 0.29) is 0 Å². The monoisotopic (exact) mass is 149 g/mol. The first-order chi connectivity index (χ1) is 5.34. The third-order valence-electron chi connectivity index (χ3n) is 1.28. The predicted molar refractivity (Wildman–Crippen MR) is 46.5 cm³/mol. The van der Waals surface area contributed by atoms with Gasteiger partial charge in [0.15, 0.2) is 0 Å². The Kier molecular flexibility index (Phi) is 2.66. The van der Waals surface area contributed by atoms with Crippen molar-refractivity contribution in [1.29, 1.82) is 0 Å². The summed E-state index contributed by atoms with van der Waals surface area (Å²) in [5.74, 6) is 0. The lowest BCUT2D eigenvalue weighted by molar-refractivity contribution is 0.159. The molecule has 0 spiro atoms. The zero-order chi connectivity index (χ0) is 8.10. The zero-order valence-electron chi connectivity index (χ0n) is 6.58. The standard InChI is InChI=1S/C9H11NO/c1-3-11-10-9-7-5-4-6-8(9)2/h4-7H,2-3H2,1H3/b10-9-. The summed E-state index contributed by atoms with van der Waals surface area (Å²) in [6.07, 6.45) is 7.61. The Morgan fingerprint density at radius 1 is 1.45 bits per heavy atom. The minimum absolute atomic E-state index is 0.592. The van der Waals surface area contributed by atoms with Gasteiger partial charge in [-0.25, -0.2) is 0 Å². The topological polar surface area (TPSA) is 21.6 Å². The second-order valence-electron chi connectivity index (χ2n) is 2.14. The SMILES string of the molecule is C=C1C=CC=C/C1=N/OCC. The average Bonchev–Trinajstić information content (AvgIpc) is 2.03. The minimum Gasteiger partial charge on any atom is -0.396 e. The van der Waals surface area contributed by atoms with Crippen LogP contribution in [-0.4, -0.2) is 12.3 Å². The van der Waals surface area contributed by atoms with Crippen LogP contribution >= 0.6 is 0 Å². The molecule has 0 heterocycles. The van der Waals surface area contributed by atoms with Gasteiger partial charge in [0.05, 0.1) is 0 Å². The summed E-state index contributed by atoms with van der Waals surface area (Å²) < 4.78 is 0. The van der Waals surface area contributed by atoms with Crippen LogP contribution in [0.15, 0.2) is 41.6 Å². The first-order valence-corrected chi connectivity index (χ1v) is 3.58. The summed E-state index contributed by atoms with van der Waals surface area (Å²) in [5.41, 5.74) is 1.69. The van der Waals surface area contributed by atoms with Crippen molar-refractivity contribution < 1.29 is 4.84 Å². The van der Waals surface area contributed by atoms with Crippen LogP contribution in [0.1, 0.15) is 6.92 Å². The smallest absolute Gasteiger partial charge is 0.114 e. The molecule has 0 saturated heterocycles. The molecule has 2 nitrogen and oxygen atoms in total. The van der Waals surface area contributed by atoms with Crippen LogP contribution in [0, 0.1) is 0 Å². The fraction of sp³-hybridized carbons (Fsp3) is 0.222. The van der Waals surface area contributed by atoms with E-state index in [9.17, 15) is 0 Å². The van der Waals surface area contributed by atoms with Gasteiger partial charge in [-0.3, -0.25) is 0 Å². The van der Waals surface area contributed by atoms with Crippen molar-refractivity contribution in [3.63, 3.8) is 0 Å². The zero-order valence-corrected chi connectivity index (χ0v) is 6.58. The minimum atomic E-state index is 0.592. The first-order valence-electron chi connectivity index (χ1n) is 3.58. The highest BCUT2D eigenvalue weighted by molar-refractivity contribution is 6.10. The van der Waals surface area contributed by atoms with Crippen LogP contribution in [0.5, 0.6) is 0 Å². The van der Waals surface area contributed by atoms with Crippen molar-refractivity contribution in [2.45, 2.75) is 6.92 Å². The third-order valence-corrected chi connectivity index (χ3v) is 1.28. The van der Waals surface area contributed by atoms with Crippen LogP contribution in [-0.2, 0) is 4.84 Å². The molecule has 0 saturated carbocycles. The number of oxime groups is 1. The van der Waals surface area contributed by atoms with E-state index in [0.717, 1.165) is 11.3 Å². The lowest BCUT2D eigenvalue weighted by Crippen LogP contribution is -1.99. The van der Waals surface area contributed by atoms with E-state index >= 15 is 0 Å². The molecule has 0 unspecified atom stereocenters. The molecule has 11 heavy (non-hydrogen) atoms. The highest BCUT2D eigenvalue weighted by Gasteiger charge is 2.00. The molecule has 0 aromatic heterocycles. The normalized spacial score (nSPS) is 19.4. The summed E-state index contributed by atoms with van der Waals surface area (Å²) in [5, 5.41) is 3.86. The molecule has 0 aromatic carbocycles. The Bertz CT molecular complexity index is 236. The van der Waals surface area contributed by atoms with E-state index in [1.54, 1.807) is 0 Å². The molecule has 1 rings (SSSR count). The van der Waals surface area contributed by atoms with Gasteiger partial charge in [0.2, 0.25) is 0 Å². The largest absolute Gasteiger partial charge is 0.396 e. The second kappa shape index (κ2) is 3.76. The second-order valence-corrected chi connectivity index (χ2v) is 2.14. The maximum absolute atomic E-state index is 4.89. The molecule has 0 aliphatic heterocycles. The Balaban J connectivity index is 2.65. The van der Waals surface area contributed by atoms with Crippen molar-refractivity contribution in [2.75, 3.05) is 6.61 Å². The molecule has 0 bridgehead atoms. The van der Waals surface area contributed by atoms with Crippen molar-refractivity contribution in [3.05, 3.63) is 36.5 Å². The van der Waals surface area contributed by atoms with Gasteiger partial charge >= 0.3 is 0 Å². The average molecular weight is 149 g/mol. The number of hydrogen-bond donors (Lipinski definition) is 0. The summed E-state index contributed by atoms with van der Waals surface area (Å²) in [6.45, 7) is 6.29. The highest BCUT2D eigenvalue weighted by atomic mass is 16.6. The van der Waals surface area contributed by atoms with Crippen LogP contribution in [0.3, 0.4) is 0 Å².